The molecule has 18 heavy (non-hydrogen) atoms. The third kappa shape index (κ3) is 2.14. The van der Waals surface area contributed by atoms with Crippen LogP contribution in [0, 0.1) is 5.95 Å². The highest BCUT2D eigenvalue weighted by molar-refractivity contribution is 5.95. The molecule has 0 aliphatic rings. The summed E-state index contributed by atoms with van der Waals surface area (Å²) in [4.78, 5) is 11.5. The summed E-state index contributed by atoms with van der Waals surface area (Å²) in [6.45, 7) is 1.00. The van der Waals surface area contributed by atoms with Gasteiger partial charge in [0.2, 0.25) is 5.78 Å². The van der Waals surface area contributed by atoms with Gasteiger partial charge in [0.15, 0.2) is 5.69 Å². The number of halogens is 1. The lowest BCUT2D eigenvalue weighted by molar-refractivity contribution is 0.0887. The summed E-state index contributed by atoms with van der Waals surface area (Å²) in [5.74, 6) is -1.70. The number of hydrogen-bond acceptors (Lipinski definition) is 4. The first kappa shape index (κ1) is 12.4. The number of aliphatic hydroxyl groups excluding tert-OH is 1. The van der Waals surface area contributed by atoms with Gasteiger partial charge in [-0.3, -0.25) is 4.79 Å². The van der Waals surface area contributed by atoms with Gasteiger partial charge in [0.05, 0.1) is 6.04 Å². The highest BCUT2D eigenvalue weighted by Gasteiger charge is 2.23. The summed E-state index contributed by atoms with van der Waals surface area (Å²) >= 11 is 0. The number of Topliss-reactive ketones (excluding diaryl/α,β-unsaturated/α-hetero) is 1. The zero-order chi connectivity index (χ0) is 13.1. The van der Waals surface area contributed by atoms with Crippen LogP contribution < -0.4 is 0 Å². The van der Waals surface area contributed by atoms with E-state index < -0.39 is 18.3 Å². The molecule has 6 heteroatoms. The predicted octanol–water partition coefficient (Wildman–Crippen LogP) is 1.20. The zero-order valence-corrected chi connectivity index (χ0v) is 9.75. The summed E-state index contributed by atoms with van der Waals surface area (Å²) in [6, 6.07) is 8.89. The van der Waals surface area contributed by atoms with Gasteiger partial charge in [0, 0.05) is 0 Å². The number of ketones is 1. The molecule has 0 aliphatic heterocycles. The van der Waals surface area contributed by atoms with E-state index in [2.05, 4.69) is 10.3 Å². The molecule has 1 aromatic carbocycles. The molecular weight excluding hydrogens is 237 g/mol. The van der Waals surface area contributed by atoms with Crippen molar-refractivity contribution in [3.8, 4) is 0 Å². The van der Waals surface area contributed by atoms with Crippen LogP contribution in [-0.2, 0) is 0 Å². The van der Waals surface area contributed by atoms with Gasteiger partial charge in [-0.2, -0.15) is 4.39 Å². The lowest BCUT2D eigenvalue weighted by atomic mass is 10.1. The van der Waals surface area contributed by atoms with Gasteiger partial charge in [-0.25, -0.2) is 4.68 Å². The number of aromatic nitrogens is 3. The molecule has 94 valence electrons. The van der Waals surface area contributed by atoms with Gasteiger partial charge in [0.25, 0.3) is 5.95 Å². The minimum atomic E-state index is -0.961. The van der Waals surface area contributed by atoms with E-state index in [0.717, 1.165) is 5.56 Å². The van der Waals surface area contributed by atoms with Gasteiger partial charge < -0.3 is 5.11 Å². The summed E-state index contributed by atoms with van der Waals surface area (Å²) in [5.41, 5.74) is 0.572. The maximum atomic E-state index is 13.4. The maximum Gasteiger partial charge on any atom is 0.263 e. The number of carbonyl (C=O) groups is 1. The Labute approximate surface area is 103 Å². The van der Waals surface area contributed by atoms with Crippen molar-refractivity contribution in [3.05, 3.63) is 47.5 Å². The monoisotopic (exact) mass is 249 g/mol. The molecule has 0 aliphatic carbocycles. The Kier molecular flexibility index (Phi) is 3.47. The van der Waals surface area contributed by atoms with Crippen molar-refractivity contribution in [1.82, 2.24) is 15.0 Å². The van der Waals surface area contributed by atoms with Crippen molar-refractivity contribution in [3.63, 3.8) is 0 Å². The fourth-order valence-electron chi connectivity index (χ4n) is 1.74. The van der Waals surface area contributed by atoms with E-state index in [4.69, 9.17) is 5.11 Å². The molecule has 0 radical (unpaired) electrons. The molecular formula is C12H12FN3O2. The van der Waals surface area contributed by atoms with Crippen molar-refractivity contribution in [2.75, 3.05) is 6.61 Å². The van der Waals surface area contributed by atoms with Crippen LogP contribution in [0.3, 0.4) is 0 Å². The van der Waals surface area contributed by atoms with Crippen molar-refractivity contribution < 1.29 is 14.3 Å². The Bertz CT molecular complexity index is 554. The third-order valence-electron chi connectivity index (χ3n) is 2.71. The van der Waals surface area contributed by atoms with Crippen molar-refractivity contribution in [2.45, 2.75) is 13.0 Å². The highest BCUT2D eigenvalue weighted by atomic mass is 19.1. The molecule has 0 fully saturated rings. The number of benzene rings is 1. The Morgan fingerprint density at radius 3 is 2.72 bits per heavy atom. The largest absolute Gasteiger partial charge is 0.388 e. The number of nitrogens with zero attached hydrogens (tertiary/aromatic N) is 3. The van der Waals surface area contributed by atoms with Gasteiger partial charge in [-0.1, -0.05) is 40.6 Å². The fourth-order valence-corrected chi connectivity index (χ4v) is 1.74. The van der Waals surface area contributed by atoms with Gasteiger partial charge in [0.1, 0.15) is 6.61 Å². The smallest absolute Gasteiger partial charge is 0.263 e. The summed E-state index contributed by atoms with van der Waals surface area (Å²) in [7, 11) is 0. The summed E-state index contributed by atoms with van der Waals surface area (Å²) < 4.78 is 14.6. The van der Waals surface area contributed by atoms with Crippen LogP contribution in [0.25, 0.3) is 0 Å². The molecule has 0 unspecified atom stereocenters. The SMILES string of the molecule is C[C@H](c1ccccc1)n1nnc(F)c1C(=O)CO. The third-order valence-corrected chi connectivity index (χ3v) is 2.71. The Morgan fingerprint density at radius 2 is 2.11 bits per heavy atom. The maximum absolute atomic E-state index is 13.4. The molecule has 1 N–H and O–H groups in total. The predicted molar refractivity (Wildman–Crippen MR) is 61.7 cm³/mol. The van der Waals surface area contributed by atoms with Crippen molar-refractivity contribution in [2.24, 2.45) is 0 Å². The lowest BCUT2D eigenvalue weighted by Crippen LogP contribution is -2.18. The van der Waals surface area contributed by atoms with E-state index in [-0.39, 0.29) is 11.7 Å². The summed E-state index contributed by atoms with van der Waals surface area (Å²) in [6.07, 6.45) is 0. The molecule has 0 saturated carbocycles. The van der Waals surface area contributed by atoms with E-state index in [9.17, 15) is 9.18 Å². The van der Waals surface area contributed by atoms with Crippen LogP contribution in [0.2, 0.25) is 0 Å². The standard InChI is InChI=1S/C12H12FN3O2/c1-8(9-5-3-2-4-6-9)16-11(10(18)7-17)12(13)14-15-16/h2-6,8,17H,7H2,1H3/t8-/m1/s1. The molecule has 0 spiro atoms. The molecule has 1 atom stereocenters. The molecule has 5 nitrogen and oxygen atoms in total. The fraction of sp³-hybridized carbons (Fsp3) is 0.250. The number of carbonyl (C=O) groups excluding carboxylic acids is 1. The van der Waals surface area contributed by atoms with Crippen LogP contribution in [0.5, 0.6) is 0 Å². The Hall–Kier alpha value is -2.08. The van der Waals surface area contributed by atoms with E-state index >= 15 is 0 Å². The second-order valence-electron chi connectivity index (χ2n) is 3.84. The lowest BCUT2D eigenvalue weighted by Gasteiger charge is -2.13. The first-order valence-electron chi connectivity index (χ1n) is 5.45. The molecule has 0 bridgehead atoms. The first-order chi connectivity index (χ1) is 8.65. The second-order valence-corrected chi connectivity index (χ2v) is 3.84. The second kappa shape index (κ2) is 5.05. The minimum absolute atomic E-state index is 0.297. The Balaban J connectivity index is 2.43. The van der Waals surface area contributed by atoms with Gasteiger partial charge in [-0.15, -0.1) is 0 Å². The summed E-state index contributed by atoms with van der Waals surface area (Å²) in [5, 5.41) is 15.7. The van der Waals surface area contributed by atoms with E-state index in [1.165, 1.54) is 4.68 Å². The Morgan fingerprint density at radius 1 is 1.44 bits per heavy atom. The van der Waals surface area contributed by atoms with Crippen LogP contribution >= 0.6 is 0 Å². The first-order valence-corrected chi connectivity index (χ1v) is 5.45. The highest BCUT2D eigenvalue weighted by Crippen LogP contribution is 2.19. The van der Waals surface area contributed by atoms with Crippen molar-refractivity contribution >= 4 is 5.78 Å². The topological polar surface area (TPSA) is 68.0 Å². The molecule has 2 aromatic rings. The normalized spacial score (nSPS) is 12.4. The number of aliphatic hydroxyl groups is 1. The average Bonchev–Trinajstić information content (AvgIpc) is 2.80. The molecule has 0 amide bonds. The van der Waals surface area contributed by atoms with E-state index in [1.807, 2.05) is 30.3 Å². The molecule has 0 saturated heterocycles. The van der Waals surface area contributed by atoms with E-state index in [1.54, 1.807) is 6.92 Å². The van der Waals surface area contributed by atoms with Gasteiger partial charge >= 0.3 is 0 Å². The van der Waals surface area contributed by atoms with Crippen LogP contribution in [0.15, 0.2) is 30.3 Å². The minimum Gasteiger partial charge on any atom is -0.388 e. The van der Waals surface area contributed by atoms with E-state index in [0.29, 0.717) is 0 Å². The van der Waals surface area contributed by atoms with Crippen LogP contribution in [-0.4, -0.2) is 32.5 Å². The molecule has 2 rings (SSSR count). The van der Waals surface area contributed by atoms with Gasteiger partial charge in [-0.05, 0) is 12.5 Å². The van der Waals surface area contributed by atoms with Crippen LogP contribution in [0.1, 0.15) is 29.0 Å². The zero-order valence-electron chi connectivity index (χ0n) is 9.75. The molecule has 1 heterocycles. The average molecular weight is 249 g/mol. The van der Waals surface area contributed by atoms with Crippen LogP contribution in [0.4, 0.5) is 4.39 Å². The quantitative estimate of drug-likeness (QED) is 0.827. The number of hydrogen-bond donors (Lipinski definition) is 1. The molecule has 1 aromatic heterocycles. The number of rotatable bonds is 4. The van der Waals surface area contributed by atoms with Crippen molar-refractivity contribution in [1.29, 1.82) is 0 Å².